The Morgan fingerprint density at radius 3 is 3.00 bits per heavy atom. The molecular formula is C17H21N3O2S. The minimum absolute atomic E-state index is 0.165. The Bertz CT molecular complexity index is 667. The maximum atomic E-state index is 12.2. The van der Waals surface area contributed by atoms with Crippen LogP contribution in [0.25, 0.3) is 0 Å². The quantitative estimate of drug-likeness (QED) is 0.778. The van der Waals surface area contributed by atoms with Crippen molar-refractivity contribution >= 4 is 17.2 Å². The largest absolute Gasteiger partial charge is 0.493 e. The summed E-state index contributed by atoms with van der Waals surface area (Å²) in [6, 6.07) is 7.83. The van der Waals surface area contributed by atoms with E-state index in [1.807, 2.05) is 24.3 Å². The summed E-state index contributed by atoms with van der Waals surface area (Å²) in [5.74, 6) is 1.39. The number of nitrogens with zero attached hydrogens (tertiary/aromatic N) is 1. The number of ether oxygens (including phenoxy) is 1. The molecule has 3 N–H and O–H groups in total. The van der Waals surface area contributed by atoms with Gasteiger partial charge in [-0.2, -0.15) is 0 Å². The molecule has 1 heterocycles. The second-order valence-electron chi connectivity index (χ2n) is 5.71. The molecule has 23 heavy (non-hydrogen) atoms. The molecule has 1 fully saturated rings. The molecule has 0 saturated heterocycles. The molecule has 0 unspecified atom stereocenters. The third-order valence-electron chi connectivity index (χ3n) is 3.73. The Morgan fingerprint density at radius 1 is 1.39 bits per heavy atom. The smallest absolute Gasteiger partial charge is 0.271 e. The molecule has 0 spiro atoms. The number of nitrogens with one attached hydrogen (secondary N) is 1. The molecule has 1 amide bonds. The van der Waals surface area contributed by atoms with Crippen molar-refractivity contribution < 1.29 is 9.53 Å². The summed E-state index contributed by atoms with van der Waals surface area (Å²) in [6.07, 6.45) is 3.22. The fourth-order valence-corrected chi connectivity index (χ4v) is 3.00. The van der Waals surface area contributed by atoms with Crippen LogP contribution in [0.5, 0.6) is 5.75 Å². The highest BCUT2D eigenvalue weighted by molar-refractivity contribution is 7.09. The average molecular weight is 331 g/mol. The van der Waals surface area contributed by atoms with Crippen LogP contribution in [0, 0.1) is 5.92 Å². The first-order valence-corrected chi connectivity index (χ1v) is 8.77. The van der Waals surface area contributed by atoms with E-state index in [9.17, 15) is 4.79 Å². The van der Waals surface area contributed by atoms with Gasteiger partial charge >= 0.3 is 0 Å². The van der Waals surface area contributed by atoms with E-state index in [0.29, 0.717) is 31.1 Å². The first-order valence-electron chi connectivity index (χ1n) is 7.89. The molecule has 2 aromatic rings. The van der Waals surface area contributed by atoms with E-state index in [1.165, 1.54) is 24.2 Å². The van der Waals surface area contributed by atoms with Gasteiger partial charge in [0, 0.05) is 23.9 Å². The third-order valence-corrected chi connectivity index (χ3v) is 4.63. The number of para-hydroxylation sites is 1. The summed E-state index contributed by atoms with van der Waals surface area (Å²) in [5, 5.41) is 5.58. The fraction of sp³-hybridized carbons (Fsp3) is 0.412. The van der Waals surface area contributed by atoms with E-state index in [4.69, 9.17) is 10.5 Å². The van der Waals surface area contributed by atoms with Crippen LogP contribution in [0.3, 0.4) is 0 Å². The van der Waals surface area contributed by atoms with Gasteiger partial charge in [-0.05, 0) is 31.4 Å². The SMILES string of the molecule is NCCc1nc(C(=O)NCc2ccccc2OCC2CC2)cs1. The van der Waals surface area contributed by atoms with Gasteiger partial charge in [-0.1, -0.05) is 18.2 Å². The number of nitrogens with two attached hydrogens (primary N) is 1. The molecule has 5 nitrogen and oxygen atoms in total. The van der Waals surface area contributed by atoms with Gasteiger partial charge in [0.15, 0.2) is 0 Å². The van der Waals surface area contributed by atoms with Crippen molar-refractivity contribution in [2.75, 3.05) is 13.2 Å². The van der Waals surface area contributed by atoms with Crippen LogP contribution in [0.1, 0.15) is 33.9 Å². The van der Waals surface area contributed by atoms with Crippen molar-refractivity contribution in [2.45, 2.75) is 25.8 Å². The third kappa shape index (κ3) is 4.53. The molecule has 1 saturated carbocycles. The second kappa shape index (κ2) is 7.57. The molecule has 3 rings (SSSR count). The van der Waals surface area contributed by atoms with Crippen molar-refractivity contribution in [1.29, 1.82) is 0 Å². The molecule has 1 aromatic heterocycles. The average Bonchev–Trinajstić information content (AvgIpc) is 3.29. The highest BCUT2D eigenvalue weighted by Gasteiger charge is 2.22. The molecule has 122 valence electrons. The number of amides is 1. The lowest BCUT2D eigenvalue weighted by Gasteiger charge is -2.11. The molecule has 1 aliphatic carbocycles. The predicted molar refractivity (Wildman–Crippen MR) is 90.7 cm³/mol. The van der Waals surface area contributed by atoms with Gasteiger partial charge in [0.05, 0.1) is 11.6 Å². The number of hydrogen-bond acceptors (Lipinski definition) is 5. The molecular weight excluding hydrogens is 310 g/mol. The van der Waals surface area contributed by atoms with E-state index in [-0.39, 0.29) is 5.91 Å². The highest BCUT2D eigenvalue weighted by Crippen LogP contribution is 2.30. The Morgan fingerprint density at radius 2 is 2.22 bits per heavy atom. The summed E-state index contributed by atoms with van der Waals surface area (Å²) < 4.78 is 5.86. The van der Waals surface area contributed by atoms with Crippen molar-refractivity contribution in [3.05, 3.63) is 45.9 Å². The van der Waals surface area contributed by atoms with Crippen LogP contribution in [0.2, 0.25) is 0 Å². The number of carbonyl (C=O) groups is 1. The molecule has 0 bridgehead atoms. The molecule has 0 radical (unpaired) electrons. The van der Waals surface area contributed by atoms with Gasteiger partial charge in [-0.3, -0.25) is 4.79 Å². The number of aromatic nitrogens is 1. The first-order chi connectivity index (χ1) is 11.3. The van der Waals surface area contributed by atoms with Gasteiger partial charge in [0.2, 0.25) is 0 Å². The van der Waals surface area contributed by atoms with E-state index < -0.39 is 0 Å². The lowest BCUT2D eigenvalue weighted by molar-refractivity contribution is 0.0946. The summed E-state index contributed by atoms with van der Waals surface area (Å²) in [7, 11) is 0. The number of thiazole rings is 1. The number of carbonyl (C=O) groups excluding carboxylic acids is 1. The lowest BCUT2D eigenvalue weighted by atomic mass is 10.2. The summed E-state index contributed by atoms with van der Waals surface area (Å²) in [4.78, 5) is 16.5. The number of benzene rings is 1. The van der Waals surface area contributed by atoms with Crippen LogP contribution in [0.4, 0.5) is 0 Å². The second-order valence-corrected chi connectivity index (χ2v) is 6.65. The van der Waals surface area contributed by atoms with Gasteiger partial charge in [-0.15, -0.1) is 11.3 Å². The molecule has 6 heteroatoms. The minimum atomic E-state index is -0.165. The van der Waals surface area contributed by atoms with E-state index in [0.717, 1.165) is 22.9 Å². The maximum absolute atomic E-state index is 12.2. The first kappa shape index (κ1) is 16.0. The van der Waals surface area contributed by atoms with Crippen LogP contribution in [-0.2, 0) is 13.0 Å². The van der Waals surface area contributed by atoms with Crippen molar-refractivity contribution in [2.24, 2.45) is 11.7 Å². The van der Waals surface area contributed by atoms with Crippen LogP contribution >= 0.6 is 11.3 Å². The number of hydrogen-bond donors (Lipinski definition) is 2. The highest BCUT2D eigenvalue weighted by atomic mass is 32.1. The zero-order valence-corrected chi connectivity index (χ0v) is 13.8. The van der Waals surface area contributed by atoms with Crippen molar-refractivity contribution in [3.8, 4) is 5.75 Å². The number of rotatable bonds is 8. The Hall–Kier alpha value is -1.92. The normalized spacial score (nSPS) is 13.8. The van der Waals surface area contributed by atoms with Gasteiger partial charge < -0.3 is 15.8 Å². The molecule has 0 atom stereocenters. The van der Waals surface area contributed by atoms with Crippen LogP contribution in [0.15, 0.2) is 29.6 Å². The fourth-order valence-electron chi connectivity index (χ4n) is 2.20. The molecule has 1 aromatic carbocycles. The Kier molecular flexibility index (Phi) is 5.25. The zero-order chi connectivity index (χ0) is 16.1. The Labute approximate surface area is 139 Å². The molecule has 1 aliphatic rings. The van der Waals surface area contributed by atoms with E-state index in [2.05, 4.69) is 10.3 Å². The molecule has 0 aliphatic heterocycles. The van der Waals surface area contributed by atoms with Crippen molar-refractivity contribution in [3.63, 3.8) is 0 Å². The van der Waals surface area contributed by atoms with Crippen molar-refractivity contribution in [1.82, 2.24) is 10.3 Å². The summed E-state index contributed by atoms with van der Waals surface area (Å²) in [5.41, 5.74) is 6.94. The summed E-state index contributed by atoms with van der Waals surface area (Å²) >= 11 is 1.47. The van der Waals surface area contributed by atoms with Crippen LogP contribution < -0.4 is 15.8 Å². The maximum Gasteiger partial charge on any atom is 0.271 e. The van der Waals surface area contributed by atoms with Gasteiger partial charge in [0.25, 0.3) is 5.91 Å². The lowest BCUT2D eigenvalue weighted by Crippen LogP contribution is -2.23. The standard InChI is InChI=1S/C17H21N3O2S/c18-8-7-16-20-14(11-23-16)17(21)19-9-13-3-1-2-4-15(13)22-10-12-5-6-12/h1-4,11-12H,5-10,18H2,(H,19,21). The van der Waals surface area contributed by atoms with Crippen LogP contribution in [-0.4, -0.2) is 24.0 Å². The summed E-state index contributed by atoms with van der Waals surface area (Å²) in [6.45, 7) is 1.74. The monoisotopic (exact) mass is 331 g/mol. The van der Waals surface area contributed by atoms with Gasteiger partial charge in [0.1, 0.15) is 11.4 Å². The zero-order valence-electron chi connectivity index (χ0n) is 13.0. The van der Waals surface area contributed by atoms with E-state index in [1.54, 1.807) is 5.38 Å². The van der Waals surface area contributed by atoms with Gasteiger partial charge in [-0.25, -0.2) is 4.98 Å². The van der Waals surface area contributed by atoms with E-state index >= 15 is 0 Å². The minimum Gasteiger partial charge on any atom is -0.493 e. The Balaban J connectivity index is 1.57. The predicted octanol–water partition coefficient (Wildman–Crippen LogP) is 2.36. The topological polar surface area (TPSA) is 77.2 Å².